The molecule has 13 nitrogen and oxygen atoms in total. The number of nitrogens with zero attached hydrogens (tertiary/aromatic N) is 1. The molecule has 0 saturated carbocycles. The fraction of sp³-hybridized carbons (Fsp3) is 0.280. The summed E-state index contributed by atoms with van der Waals surface area (Å²) in [5.41, 5.74) is 7.38. The molecule has 0 saturated heterocycles. The number of amides is 3. The molecule has 0 aliphatic heterocycles. The maximum atomic E-state index is 14.0. The van der Waals surface area contributed by atoms with E-state index in [2.05, 4.69) is 21.1 Å². The second-order valence-electron chi connectivity index (χ2n) is 8.55. The van der Waals surface area contributed by atoms with Gasteiger partial charge in [-0.3, -0.25) is 24.0 Å². The summed E-state index contributed by atoms with van der Waals surface area (Å²) in [6, 6.07) is 2.94. The largest absolute Gasteiger partial charge is 1.00 e. The molecule has 0 spiro atoms. The molecule has 17 heteroatoms. The quantitative estimate of drug-likeness (QED) is 0.0647. The summed E-state index contributed by atoms with van der Waals surface area (Å²) in [6.45, 7) is 1.26. The number of ether oxygens (including phenoxy) is 1. The fourth-order valence-corrected chi connectivity index (χ4v) is 3.28. The number of hydrogen-bond acceptors (Lipinski definition) is 7. The second-order valence-corrected chi connectivity index (χ2v) is 8.55. The average Bonchev–Trinajstić information content (AvgIpc) is 2.93. The summed E-state index contributed by atoms with van der Waals surface area (Å²) >= 11 is 0. The van der Waals surface area contributed by atoms with E-state index < -0.39 is 95.6 Å². The summed E-state index contributed by atoms with van der Waals surface area (Å²) < 4.78 is 46.3. The number of halogens is 3. The number of Topliss-reactive ketones (excluding diaryl/α,β-unsaturated/α-hetero) is 1. The second kappa shape index (κ2) is 16.0. The predicted octanol–water partition coefficient (Wildman–Crippen LogP) is -0.377. The van der Waals surface area contributed by atoms with Gasteiger partial charge in [0.05, 0.1) is 6.04 Å². The number of amidine groups is 1. The van der Waals surface area contributed by atoms with Crippen molar-refractivity contribution in [3.63, 3.8) is 0 Å². The van der Waals surface area contributed by atoms with Gasteiger partial charge >= 0.3 is 36.6 Å². The molecule has 0 unspecified atom stereocenters. The van der Waals surface area contributed by atoms with Gasteiger partial charge < -0.3 is 42.5 Å². The van der Waals surface area contributed by atoms with Gasteiger partial charge in [0.2, 0.25) is 11.7 Å². The van der Waals surface area contributed by atoms with E-state index in [1.165, 1.54) is 31.2 Å². The van der Waals surface area contributed by atoms with Crippen LogP contribution in [0.5, 0.6) is 5.75 Å². The minimum absolute atomic E-state index is 0. The Morgan fingerprint density at radius 1 is 1.05 bits per heavy atom. The third kappa shape index (κ3) is 9.82. The molecule has 0 fully saturated rings. The number of aliphatic carboxylic acids is 1. The van der Waals surface area contributed by atoms with E-state index in [1.807, 2.05) is 0 Å². The number of carbonyl (C=O) groups is 5. The van der Waals surface area contributed by atoms with Crippen LogP contribution in [0.2, 0.25) is 0 Å². The molecule has 2 aromatic carbocycles. The first-order valence-electron chi connectivity index (χ1n) is 11.7. The number of carboxylic acid groups (broad SMARTS) is 1. The summed E-state index contributed by atoms with van der Waals surface area (Å²) in [5.74, 6) is -4.37. The van der Waals surface area contributed by atoms with Crippen LogP contribution >= 0.6 is 0 Å². The molecule has 2 aromatic rings. The van der Waals surface area contributed by atoms with Gasteiger partial charge in [-0.25, -0.2) is 8.78 Å². The van der Waals surface area contributed by atoms with E-state index >= 15 is 0 Å². The Morgan fingerprint density at radius 3 is 2.33 bits per heavy atom. The Bertz CT molecular complexity index is 1370. The molecule has 0 radical (unpaired) electrons. The molecule has 0 aliphatic carbocycles. The Balaban J connectivity index is 0.00000882. The topological polar surface area (TPSA) is 211 Å². The fourth-order valence-electron chi connectivity index (χ4n) is 3.28. The summed E-state index contributed by atoms with van der Waals surface area (Å²) in [4.78, 5) is 60.9. The van der Waals surface area contributed by atoms with Gasteiger partial charge in [0.15, 0.2) is 17.3 Å². The Hall–Kier alpha value is -4.55. The van der Waals surface area contributed by atoms with Crippen LogP contribution < -0.4 is 39.5 Å². The van der Waals surface area contributed by atoms with Crippen molar-refractivity contribution in [3.05, 3.63) is 70.5 Å². The van der Waals surface area contributed by atoms with E-state index in [4.69, 9.17) is 21.4 Å². The molecule has 42 heavy (non-hydrogen) atoms. The van der Waals surface area contributed by atoms with Gasteiger partial charge in [-0.1, -0.05) is 18.0 Å². The van der Waals surface area contributed by atoms with Gasteiger partial charge in [0.25, 0.3) is 0 Å². The minimum atomic E-state index is -1.56. The van der Waals surface area contributed by atoms with Crippen molar-refractivity contribution in [2.45, 2.75) is 38.8 Å². The number of carboxylic acids is 1. The van der Waals surface area contributed by atoms with Gasteiger partial charge in [0.1, 0.15) is 18.5 Å². The van der Waals surface area contributed by atoms with Gasteiger partial charge in [-0.2, -0.15) is 4.39 Å². The van der Waals surface area contributed by atoms with Crippen LogP contribution in [-0.2, 0) is 24.0 Å². The smallest absolute Gasteiger partial charge is 0.731 e. The van der Waals surface area contributed by atoms with Crippen molar-refractivity contribution in [1.29, 1.82) is 0 Å². The Morgan fingerprint density at radius 2 is 1.71 bits per heavy atom. The zero-order chi connectivity index (χ0) is 30.9. The van der Waals surface area contributed by atoms with E-state index in [0.717, 1.165) is 6.92 Å². The number of ketones is 1. The molecule has 0 heterocycles. The summed E-state index contributed by atoms with van der Waals surface area (Å²) in [7, 11) is 0. The number of anilines is 1. The first kappa shape index (κ1) is 35.5. The van der Waals surface area contributed by atoms with E-state index in [9.17, 15) is 37.1 Å². The van der Waals surface area contributed by atoms with Crippen LogP contribution in [-0.4, -0.2) is 59.1 Å². The zero-order valence-electron chi connectivity index (χ0n) is 22.6. The third-order valence-corrected chi connectivity index (χ3v) is 5.52. The van der Waals surface area contributed by atoms with Gasteiger partial charge in [-0.15, -0.1) is 0 Å². The predicted molar refractivity (Wildman–Crippen MR) is 138 cm³/mol. The first-order valence-corrected chi connectivity index (χ1v) is 11.7. The van der Waals surface area contributed by atoms with Crippen LogP contribution in [0.1, 0.15) is 30.9 Å². The van der Waals surface area contributed by atoms with Crippen molar-refractivity contribution in [1.82, 2.24) is 10.6 Å². The zero-order valence-corrected chi connectivity index (χ0v) is 22.6. The number of hydrogen-bond donors (Lipinski definition) is 4. The molecule has 220 valence electrons. The number of rotatable bonds is 12. The SMILES string of the molecule is Cc1c(F)cc(F)c(F)c1OCC(=O)[C@H](CCC(=O)O)NC(=O)[C@H](C)NC(=O)C(=O)Nc1cccc(/C([NH-])=N/[NH-])c1.[Li+]. The first-order chi connectivity index (χ1) is 19.2. The van der Waals surface area contributed by atoms with Crippen LogP contribution in [0.4, 0.5) is 18.9 Å². The molecule has 0 aliphatic rings. The van der Waals surface area contributed by atoms with Crippen molar-refractivity contribution in [3.8, 4) is 5.75 Å². The molecule has 6 N–H and O–H groups in total. The Labute approximate surface area is 249 Å². The van der Waals surface area contributed by atoms with Crippen molar-refractivity contribution < 1.29 is 65.8 Å². The normalized spacial score (nSPS) is 12.3. The standard InChI is InChI=1S/C25H27F3N6O7.Li/c1-11-15(26)9-16(27)20(28)21(11)41-10-18(35)17(6-7-19(36)37)33-23(38)12(2)31-24(39)25(40)32-14-5-3-4-13(8-14)22(29)34-30;/h3-5,8-9,12,17H,6-7,10H2,1-2H3,(H8,29,30,31,32,33,34,36,37,38,39,40);/q;+1/p-2/t12-,17-;/m0./s1. The van der Waals surface area contributed by atoms with Crippen molar-refractivity contribution in [2.24, 2.45) is 5.10 Å². The van der Waals surface area contributed by atoms with Crippen molar-refractivity contribution in [2.75, 3.05) is 11.9 Å². The molecule has 3 amide bonds. The molecule has 0 aromatic heterocycles. The minimum Gasteiger partial charge on any atom is -0.731 e. The number of nitrogens with one attached hydrogen (secondary N) is 5. The van der Waals surface area contributed by atoms with Crippen LogP contribution in [0.25, 0.3) is 11.6 Å². The monoisotopic (exact) mass is 585 g/mol. The molecule has 2 rings (SSSR count). The van der Waals surface area contributed by atoms with Crippen LogP contribution in [0.3, 0.4) is 0 Å². The average molecular weight is 585 g/mol. The maximum absolute atomic E-state index is 14.0. The van der Waals surface area contributed by atoms with E-state index in [-0.39, 0.29) is 30.1 Å². The summed E-state index contributed by atoms with van der Waals surface area (Å²) in [6.07, 6.45) is -1.04. The van der Waals surface area contributed by atoms with E-state index in [0.29, 0.717) is 6.07 Å². The Kier molecular flexibility index (Phi) is 13.5. The summed E-state index contributed by atoms with van der Waals surface area (Å²) in [5, 5.41) is 18.5. The maximum Gasteiger partial charge on any atom is 1.00 e. The molecule has 0 bridgehead atoms. The number of carbonyl (C=O) groups excluding carboxylic acids is 4. The molecular formula is C25H25F3LiN6O7-. The van der Waals surface area contributed by atoms with Crippen molar-refractivity contribution >= 4 is 41.0 Å². The molecular weight excluding hydrogens is 560 g/mol. The van der Waals surface area contributed by atoms with Crippen LogP contribution in [0, 0.1) is 24.4 Å². The van der Waals surface area contributed by atoms with Crippen LogP contribution in [0.15, 0.2) is 35.4 Å². The third-order valence-electron chi connectivity index (χ3n) is 5.52. The number of benzene rings is 2. The molecule has 2 atom stereocenters. The van der Waals surface area contributed by atoms with E-state index in [1.54, 1.807) is 0 Å². The van der Waals surface area contributed by atoms with Gasteiger partial charge in [0, 0.05) is 23.7 Å². The van der Waals surface area contributed by atoms with Gasteiger partial charge in [-0.05, 0) is 38.0 Å².